The summed E-state index contributed by atoms with van der Waals surface area (Å²) >= 11 is 0. The van der Waals surface area contributed by atoms with Crippen LogP contribution in [0.3, 0.4) is 0 Å². The summed E-state index contributed by atoms with van der Waals surface area (Å²) in [6.07, 6.45) is 4.92. The average molecular weight is 312 g/mol. The number of rotatable bonds is 5. The molecule has 1 aliphatic rings. The van der Waals surface area contributed by atoms with Crippen LogP contribution in [0.2, 0.25) is 0 Å². The fraction of sp³-hybridized carbons (Fsp3) is 0.444. The predicted molar refractivity (Wildman–Crippen MR) is 90.3 cm³/mol. The summed E-state index contributed by atoms with van der Waals surface area (Å²) in [6, 6.07) is 10.8. The maximum atomic E-state index is 12.3. The van der Waals surface area contributed by atoms with Crippen LogP contribution < -0.4 is 0 Å². The first-order valence-corrected chi connectivity index (χ1v) is 8.19. The number of carbonyl (C=O) groups is 1. The highest BCUT2D eigenvalue weighted by atomic mass is 16.2. The SMILES string of the molecule is CN(C)C(=O)c1cn[nH]c1C1CCCN1CCc1ccccc1. The number of amides is 1. The first kappa shape index (κ1) is 15.7. The van der Waals surface area contributed by atoms with E-state index in [0.717, 1.165) is 38.0 Å². The molecule has 0 aliphatic carbocycles. The lowest BCUT2D eigenvalue weighted by molar-refractivity contribution is 0.0824. The lowest BCUT2D eigenvalue weighted by Crippen LogP contribution is -2.29. The zero-order valence-electron chi connectivity index (χ0n) is 13.8. The number of aromatic nitrogens is 2. The van der Waals surface area contributed by atoms with Crippen LogP contribution in [0, 0.1) is 0 Å². The normalized spacial score (nSPS) is 18.3. The Bertz CT molecular complexity index is 650. The van der Waals surface area contributed by atoms with Crippen molar-refractivity contribution >= 4 is 5.91 Å². The molecule has 0 spiro atoms. The van der Waals surface area contributed by atoms with Gasteiger partial charge in [-0.3, -0.25) is 14.8 Å². The summed E-state index contributed by atoms with van der Waals surface area (Å²) in [6.45, 7) is 2.08. The number of nitrogens with zero attached hydrogens (tertiary/aromatic N) is 3. The molecule has 1 amide bonds. The second kappa shape index (κ2) is 6.96. The molecule has 1 aromatic heterocycles. The molecule has 0 bridgehead atoms. The predicted octanol–water partition coefficient (Wildman–Crippen LogP) is 2.49. The van der Waals surface area contributed by atoms with Gasteiger partial charge in [0.15, 0.2) is 0 Å². The summed E-state index contributed by atoms with van der Waals surface area (Å²) in [4.78, 5) is 16.4. The van der Waals surface area contributed by atoms with Crippen LogP contribution in [0.15, 0.2) is 36.5 Å². The summed E-state index contributed by atoms with van der Waals surface area (Å²) in [5.74, 6) is 0.0173. The minimum atomic E-state index is 0.0173. The number of likely N-dealkylation sites (tertiary alicyclic amines) is 1. The van der Waals surface area contributed by atoms with Crippen LogP contribution in [-0.4, -0.2) is 53.1 Å². The molecule has 5 nitrogen and oxygen atoms in total. The molecular formula is C18H24N4O. The Kier molecular flexibility index (Phi) is 4.76. The molecule has 23 heavy (non-hydrogen) atoms. The maximum Gasteiger partial charge on any atom is 0.256 e. The third-order valence-corrected chi connectivity index (χ3v) is 4.53. The van der Waals surface area contributed by atoms with Crippen molar-refractivity contribution in [1.82, 2.24) is 20.0 Å². The maximum absolute atomic E-state index is 12.3. The fourth-order valence-corrected chi connectivity index (χ4v) is 3.30. The van der Waals surface area contributed by atoms with Crippen molar-refractivity contribution in [2.24, 2.45) is 0 Å². The molecule has 1 aromatic carbocycles. The number of hydrogen-bond acceptors (Lipinski definition) is 3. The Morgan fingerprint density at radius 1 is 1.35 bits per heavy atom. The summed E-state index contributed by atoms with van der Waals surface area (Å²) in [7, 11) is 3.56. The Morgan fingerprint density at radius 2 is 2.13 bits per heavy atom. The van der Waals surface area contributed by atoms with Crippen LogP contribution in [0.4, 0.5) is 0 Å². The van der Waals surface area contributed by atoms with E-state index in [9.17, 15) is 4.79 Å². The first-order chi connectivity index (χ1) is 11.2. The van der Waals surface area contributed by atoms with E-state index >= 15 is 0 Å². The van der Waals surface area contributed by atoms with Crippen LogP contribution in [0.25, 0.3) is 0 Å². The van der Waals surface area contributed by atoms with Crippen LogP contribution in [-0.2, 0) is 6.42 Å². The Morgan fingerprint density at radius 3 is 2.87 bits per heavy atom. The van der Waals surface area contributed by atoms with Gasteiger partial charge in [0.2, 0.25) is 0 Å². The fourth-order valence-electron chi connectivity index (χ4n) is 3.30. The van der Waals surface area contributed by atoms with Crippen molar-refractivity contribution in [2.45, 2.75) is 25.3 Å². The number of nitrogens with one attached hydrogen (secondary N) is 1. The van der Waals surface area contributed by atoms with E-state index in [1.54, 1.807) is 25.2 Å². The van der Waals surface area contributed by atoms with Gasteiger partial charge in [0.05, 0.1) is 23.5 Å². The van der Waals surface area contributed by atoms with E-state index in [4.69, 9.17) is 0 Å². The van der Waals surface area contributed by atoms with Gasteiger partial charge < -0.3 is 4.90 Å². The van der Waals surface area contributed by atoms with Gasteiger partial charge >= 0.3 is 0 Å². The highest BCUT2D eigenvalue weighted by Gasteiger charge is 2.30. The monoisotopic (exact) mass is 312 g/mol. The molecule has 1 atom stereocenters. The quantitative estimate of drug-likeness (QED) is 0.923. The molecule has 0 radical (unpaired) electrons. The lowest BCUT2D eigenvalue weighted by atomic mass is 10.1. The Balaban J connectivity index is 1.72. The molecule has 0 saturated carbocycles. The molecule has 1 fully saturated rings. The van der Waals surface area contributed by atoms with Gasteiger partial charge in [-0.05, 0) is 31.4 Å². The summed E-state index contributed by atoms with van der Waals surface area (Å²) < 4.78 is 0. The highest BCUT2D eigenvalue weighted by Crippen LogP contribution is 2.32. The minimum Gasteiger partial charge on any atom is -0.345 e. The zero-order valence-corrected chi connectivity index (χ0v) is 13.8. The number of H-pyrrole nitrogens is 1. The zero-order chi connectivity index (χ0) is 16.2. The first-order valence-electron chi connectivity index (χ1n) is 8.19. The summed E-state index contributed by atoms with van der Waals surface area (Å²) in [5, 5.41) is 7.20. The Labute approximate surface area is 137 Å². The number of aromatic amines is 1. The lowest BCUT2D eigenvalue weighted by Gasteiger charge is -2.24. The molecule has 5 heteroatoms. The van der Waals surface area contributed by atoms with Gasteiger partial charge in [-0.25, -0.2) is 0 Å². The molecule has 1 saturated heterocycles. The molecule has 1 aliphatic heterocycles. The van der Waals surface area contributed by atoms with Crippen molar-refractivity contribution in [2.75, 3.05) is 27.2 Å². The van der Waals surface area contributed by atoms with Crippen LogP contribution >= 0.6 is 0 Å². The molecule has 3 rings (SSSR count). The van der Waals surface area contributed by atoms with E-state index in [-0.39, 0.29) is 11.9 Å². The van der Waals surface area contributed by atoms with Crippen molar-refractivity contribution in [1.29, 1.82) is 0 Å². The third kappa shape index (κ3) is 3.45. The molecular weight excluding hydrogens is 288 g/mol. The van der Waals surface area contributed by atoms with E-state index in [1.165, 1.54) is 5.56 Å². The Hall–Kier alpha value is -2.14. The highest BCUT2D eigenvalue weighted by molar-refractivity contribution is 5.94. The molecule has 1 N–H and O–H groups in total. The standard InChI is InChI=1S/C18H24N4O/c1-21(2)18(23)15-13-19-20-17(15)16-9-6-11-22(16)12-10-14-7-4-3-5-8-14/h3-5,7-8,13,16H,6,9-12H2,1-2H3,(H,19,20). The number of hydrogen-bond donors (Lipinski definition) is 1. The van der Waals surface area contributed by atoms with Crippen molar-refractivity contribution in [3.63, 3.8) is 0 Å². The second-order valence-electron chi connectivity index (χ2n) is 6.33. The smallest absolute Gasteiger partial charge is 0.256 e. The summed E-state index contributed by atoms with van der Waals surface area (Å²) in [5.41, 5.74) is 3.02. The van der Waals surface area contributed by atoms with E-state index in [0.29, 0.717) is 5.56 Å². The minimum absolute atomic E-state index is 0.0173. The average Bonchev–Trinajstić information content (AvgIpc) is 3.21. The van der Waals surface area contributed by atoms with E-state index < -0.39 is 0 Å². The third-order valence-electron chi connectivity index (χ3n) is 4.53. The molecule has 2 heterocycles. The van der Waals surface area contributed by atoms with Gasteiger partial charge in [-0.15, -0.1) is 0 Å². The van der Waals surface area contributed by atoms with E-state index in [2.05, 4.69) is 39.4 Å². The van der Waals surface area contributed by atoms with Crippen molar-refractivity contribution in [3.8, 4) is 0 Å². The topological polar surface area (TPSA) is 52.2 Å². The van der Waals surface area contributed by atoms with Gasteiger partial charge in [-0.1, -0.05) is 30.3 Å². The number of benzene rings is 1. The molecule has 2 aromatic rings. The second-order valence-corrected chi connectivity index (χ2v) is 6.33. The number of carbonyl (C=O) groups excluding carboxylic acids is 1. The molecule has 122 valence electrons. The molecule has 1 unspecified atom stereocenters. The van der Waals surface area contributed by atoms with Gasteiger partial charge in [-0.2, -0.15) is 5.10 Å². The van der Waals surface area contributed by atoms with Crippen molar-refractivity contribution < 1.29 is 4.79 Å². The van der Waals surface area contributed by atoms with Crippen molar-refractivity contribution in [3.05, 3.63) is 53.3 Å². The van der Waals surface area contributed by atoms with Gasteiger partial charge in [0.25, 0.3) is 5.91 Å². The van der Waals surface area contributed by atoms with Gasteiger partial charge in [0, 0.05) is 20.6 Å². The van der Waals surface area contributed by atoms with Crippen LogP contribution in [0.5, 0.6) is 0 Å². The largest absolute Gasteiger partial charge is 0.345 e. The van der Waals surface area contributed by atoms with Crippen LogP contribution in [0.1, 0.15) is 40.5 Å². The van der Waals surface area contributed by atoms with E-state index in [1.807, 2.05) is 6.07 Å². The van der Waals surface area contributed by atoms with Gasteiger partial charge in [0.1, 0.15) is 0 Å².